The molecule has 1 N–H and O–H groups in total. The molecule has 0 saturated heterocycles. The van der Waals surface area contributed by atoms with E-state index in [0.717, 1.165) is 18.0 Å². The molecule has 15 heavy (non-hydrogen) atoms. The Balaban J connectivity index is 2.37. The number of halogens is 1. The van der Waals surface area contributed by atoms with E-state index in [2.05, 4.69) is 18.3 Å². The minimum Gasteiger partial charge on any atom is -0.310 e. The first-order valence-electron chi connectivity index (χ1n) is 5.10. The van der Waals surface area contributed by atoms with Crippen LogP contribution in [0.4, 0.5) is 0 Å². The van der Waals surface area contributed by atoms with E-state index < -0.39 is 0 Å². The van der Waals surface area contributed by atoms with Crippen molar-refractivity contribution in [3.05, 3.63) is 34.9 Å². The standard InChI is InChI=1S/C12H15ClN2/c1-10(15-9-3-2-8-14)11-4-6-12(13)7-5-11/h4-7,10,15H,2-3,9H2,1H3. The molecule has 0 aliphatic heterocycles. The Morgan fingerprint density at radius 3 is 2.67 bits per heavy atom. The van der Waals surface area contributed by atoms with Crippen molar-refractivity contribution in [3.8, 4) is 6.07 Å². The molecule has 80 valence electrons. The predicted molar refractivity (Wildman–Crippen MR) is 62.7 cm³/mol. The molecule has 1 rings (SSSR count). The summed E-state index contributed by atoms with van der Waals surface area (Å²) < 4.78 is 0. The SMILES string of the molecule is CC(NCCCC#N)c1ccc(Cl)cc1. The Bertz CT molecular complexity index is 326. The van der Waals surface area contributed by atoms with Crippen molar-refractivity contribution in [2.24, 2.45) is 0 Å². The van der Waals surface area contributed by atoms with E-state index in [1.54, 1.807) is 0 Å². The van der Waals surface area contributed by atoms with Gasteiger partial charge in [0.15, 0.2) is 0 Å². The molecule has 2 nitrogen and oxygen atoms in total. The Morgan fingerprint density at radius 1 is 1.40 bits per heavy atom. The van der Waals surface area contributed by atoms with E-state index in [0.29, 0.717) is 12.5 Å². The third-order valence-corrected chi connectivity index (χ3v) is 2.54. The van der Waals surface area contributed by atoms with E-state index in [1.807, 2.05) is 24.3 Å². The fraction of sp³-hybridized carbons (Fsp3) is 0.417. The van der Waals surface area contributed by atoms with E-state index >= 15 is 0 Å². The van der Waals surface area contributed by atoms with Crippen molar-refractivity contribution in [3.63, 3.8) is 0 Å². The monoisotopic (exact) mass is 222 g/mol. The van der Waals surface area contributed by atoms with Gasteiger partial charge >= 0.3 is 0 Å². The van der Waals surface area contributed by atoms with Crippen molar-refractivity contribution in [1.82, 2.24) is 5.32 Å². The number of unbranched alkanes of at least 4 members (excludes halogenated alkanes) is 1. The zero-order valence-corrected chi connectivity index (χ0v) is 9.59. The van der Waals surface area contributed by atoms with Gasteiger partial charge < -0.3 is 5.32 Å². The summed E-state index contributed by atoms with van der Waals surface area (Å²) in [7, 11) is 0. The average molecular weight is 223 g/mol. The Kier molecular flexibility index (Phi) is 5.17. The lowest BCUT2D eigenvalue weighted by molar-refractivity contribution is 0.562. The van der Waals surface area contributed by atoms with Gasteiger partial charge in [-0.2, -0.15) is 5.26 Å². The van der Waals surface area contributed by atoms with Gasteiger partial charge in [0.25, 0.3) is 0 Å². The molecule has 0 amide bonds. The number of nitrogens with one attached hydrogen (secondary N) is 1. The Morgan fingerprint density at radius 2 is 2.07 bits per heavy atom. The minimum absolute atomic E-state index is 0.306. The van der Waals surface area contributed by atoms with Gasteiger partial charge in [0.05, 0.1) is 6.07 Å². The molecule has 0 aromatic heterocycles. The highest BCUT2D eigenvalue weighted by Gasteiger charge is 2.03. The molecule has 3 heteroatoms. The van der Waals surface area contributed by atoms with Crippen LogP contribution in [0.15, 0.2) is 24.3 Å². The first-order valence-corrected chi connectivity index (χ1v) is 5.47. The first kappa shape index (κ1) is 12.0. The number of rotatable bonds is 5. The number of nitriles is 1. The van der Waals surface area contributed by atoms with Gasteiger partial charge in [-0.1, -0.05) is 23.7 Å². The van der Waals surface area contributed by atoms with Gasteiger partial charge in [-0.25, -0.2) is 0 Å². The maximum Gasteiger partial charge on any atom is 0.0622 e. The normalized spacial score (nSPS) is 12.1. The van der Waals surface area contributed by atoms with Crippen LogP contribution >= 0.6 is 11.6 Å². The highest BCUT2D eigenvalue weighted by molar-refractivity contribution is 6.30. The molecule has 0 saturated carbocycles. The molecule has 0 aliphatic carbocycles. The van der Waals surface area contributed by atoms with Crippen LogP contribution < -0.4 is 5.32 Å². The molecule has 0 radical (unpaired) electrons. The maximum atomic E-state index is 8.39. The summed E-state index contributed by atoms with van der Waals surface area (Å²) in [6.45, 7) is 2.98. The molecule has 0 spiro atoms. The van der Waals surface area contributed by atoms with Crippen molar-refractivity contribution >= 4 is 11.6 Å². The van der Waals surface area contributed by atoms with Crippen LogP contribution in [0.5, 0.6) is 0 Å². The molecule has 1 atom stereocenters. The van der Waals surface area contributed by atoms with Crippen LogP contribution in [0.25, 0.3) is 0 Å². The zero-order chi connectivity index (χ0) is 11.1. The summed E-state index contributed by atoms with van der Waals surface area (Å²) in [6, 6.07) is 10.3. The molecular weight excluding hydrogens is 208 g/mol. The summed E-state index contributed by atoms with van der Waals surface area (Å²) in [5, 5.41) is 12.5. The van der Waals surface area contributed by atoms with Crippen molar-refractivity contribution in [2.45, 2.75) is 25.8 Å². The second kappa shape index (κ2) is 6.44. The predicted octanol–water partition coefficient (Wildman–Crippen LogP) is 3.29. The van der Waals surface area contributed by atoms with Crippen molar-refractivity contribution in [2.75, 3.05) is 6.54 Å². The topological polar surface area (TPSA) is 35.8 Å². The fourth-order valence-corrected chi connectivity index (χ4v) is 1.48. The number of benzene rings is 1. The molecule has 1 aromatic carbocycles. The van der Waals surface area contributed by atoms with Gasteiger partial charge in [-0.15, -0.1) is 0 Å². The Hall–Kier alpha value is -1.04. The van der Waals surface area contributed by atoms with Crippen LogP contribution in [-0.2, 0) is 0 Å². The van der Waals surface area contributed by atoms with Gasteiger partial charge in [0.2, 0.25) is 0 Å². The second-order valence-corrected chi connectivity index (χ2v) is 3.93. The van der Waals surface area contributed by atoms with E-state index in [9.17, 15) is 0 Å². The number of hydrogen-bond acceptors (Lipinski definition) is 2. The number of nitrogens with zero attached hydrogens (tertiary/aromatic N) is 1. The average Bonchev–Trinajstić information content (AvgIpc) is 2.25. The van der Waals surface area contributed by atoms with E-state index in [4.69, 9.17) is 16.9 Å². The third kappa shape index (κ3) is 4.33. The summed E-state index contributed by atoms with van der Waals surface area (Å²) in [6.07, 6.45) is 1.51. The number of hydrogen-bond donors (Lipinski definition) is 1. The fourth-order valence-electron chi connectivity index (χ4n) is 1.36. The van der Waals surface area contributed by atoms with Crippen LogP contribution in [0.1, 0.15) is 31.4 Å². The third-order valence-electron chi connectivity index (χ3n) is 2.29. The molecular formula is C12H15ClN2. The summed E-state index contributed by atoms with van der Waals surface area (Å²) >= 11 is 5.81. The van der Waals surface area contributed by atoms with Crippen molar-refractivity contribution in [1.29, 1.82) is 5.26 Å². The minimum atomic E-state index is 0.306. The maximum absolute atomic E-state index is 8.39. The quantitative estimate of drug-likeness (QED) is 0.776. The summed E-state index contributed by atoms with van der Waals surface area (Å²) in [5.74, 6) is 0. The first-order chi connectivity index (χ1) is 7.24. The molecule has 0 heterocycles. The lowest BCUT2D eigenvalue weighted by Gasteiger charge is -2.13. The molecule has 0 fully saturated rings. The molecule has 0 bridgehead atoms. The zero-order valence-electron chi connectivity index (χ0n) is 8.83. The smallest absolute Gasteiger partial charge is 0.0622 e. The highest BCUT2D eigenvalue weighted by atomic mass is 35.5. The lowest BCUT2D eigenvalue weighted by atomic mass is 10.1. The lowest BCUT2D eigenvalue weighted by Crippen LogP contribution is -2.19. The van der Waals surface area contributed by atoms with Crippen LogP contribution in [0, 0.1) is 11.3 Å². The van der Waals surface area contributed by atoms with Crippen LogP contribution in [0.2, 0.25) is 5.02 Å². The second-order valence-electron chi connectivity index (χ2n) is 3.49. The summed E-state index contributed by atoms with van der Waals surface area (Å²) in [4.78, 5) is 0. The molecule has 1 aromatic rings. The van der Waals surface area contributed by atoms with Gasteiger partial charge in [-0.3, -0.25) is 0 Å². The van der Waals surface area contributed by atoms with Gasteiger partial charge in [0, 0.05) is 17.5 Å². The molecule has 1 unspecified atom stereocenters. The summed E-state index contributed by atoms with van der Waals surface area (Å²) in [5.41, 5.74) is 1.22. The Labute approximate surface area is 95.9 Å². The largest absolute Gasteiger partial charge is 0.310 e. The van der Waals surface area contributed by atoms with Crippen molar-refractivity contribution < 1.29 is 0 Å². The van der Waals surface area contributed by atoms with E-state index in [1.165, 1.54) is 5.56 Å². The highest BCUT2D eigenvalue weighted by Crippen LogP contribution is 2.15. The van der Waals surface area contributed by atoms with Gasteiger partial charge in [-0.05, 0) is 37.6 Å². The van der Waals surface area contributed by atoms with E-state index in [-0.39, 0.29) is 0 Å². The molecule has 0 aliphatic rings. The van der Waals surface area contributed by atoms with Crippen LogP contribution in [-0.4, -0.2) is 6.54 Å². The van der Waals surface area contributed by atoms with Gasteiger partial charge in [0.1, 0.15) is 0 Å². The van der Waals surface area contributed by atoms with Crippen LogP contribution in [0.3, 0.4) is 0 Å².